The summed E-state index contributed by atoms with van der Waals surface area (Å²) in [6.07, 6.45) is 0. The Kier molecular flexibility index (Phi) is 2.11. The molecule has 0 aliphatic carbocycles. The van der Waals surface area contributed by atoms with Gasteiger partial charge in [-0.2, -0.15) is 5.10 Å². The van der Waals surface area contributed by atoms with Gasteiger partial charge in [0.05, 0.1) is 5.69 Å². The number of H-pyrrole nitrogens is 1. The molecular weight excluding hydrogens is 190 g/mol. The van der Waals surface area contributed by atoms with Crippen LogP contribution < -0.4 is 5.73 Å². The van der Waals surface area contributed by atoms with Gasteiger partial charge in [-0.3, -0.25) is 5.10 Å². The number of nitrogens with one attached hydrogen (secondary N) is 1. The highest BCUT2D eigenvalue weighted by molar-refractivity contribution is 5.71. The number of nitrogen functional groups attached to an aromatic ring is 1. The van der Waals surface area contributed by atoms with Crippen LogP contribution in [0.25, 0.3) is 11.3 Å². The van der Waals surface area contributed by atoms with E-state index in [4.69, 9.17) is 5.73 Å². The van der Waals surface area contributed by atoms with Crippen LogP contribution in [-0.4, -0.2) is 15.3 Å². The maximum atomic E-state index is 9.95. The third-order valence-corrected chi connectivity index (χ3v) is 2.59. The summed E-state index contributed by atoms with van der Waals surface area (Å²) in [4.78, 5) is 0. The molecule has 15 heavy (non-hydrogen) atoms. The molecule has 4 N–H and O–H groups in total. The number of phenolic OH excluding ortho intramolecular Hbond substituents is 1. The fraction of sp³-hybridized carbons (Fsp3) is 0.182. The highest BCUT2D eigenvalue weighted by Crippen LogP contribution is 2.32. The van der Waals surface area contributed by atoms with Gasteiger partial charge in [0.1, 0.15) is 11.6 Å². The molecule has 0 unspecified atom stereocenters. The monoisotopic (exact) mass is 203 g/mol. The molecule has 1 heterocycles. The van der Waals surface area contributed by atoms with E-state index in [0.717, 1.165) is 22.4 Å². The van der Waals surface area contributed by atoms with Crippen LogP contribution in [0, 0.1) is 13.8 Å². The molecule has 2 rings (SSSR count). The molecule has 0 fully saturated rings. The highest BCUT2D eigenvalue weighted by Gasteiger charge is 2.10. The van der Waals surface area contributed by atoms with Crippen LogP contribution in [0.4, 0.5) is 5.82 Å². The van der Waals surface area contributed by atoms with Crippen molar-refractivity contribution in [3.63, 3.8) is 0 Å². The molecule has 0 aliphatic rings. The van der Waals surface area contributed by atoms with Crippen molar-refractivity contribution in [2.75, 3.05) is 5.73 Å². The lowest BCUT2D eigenvalue weighted by molar-refractivity contribution is 0.472. The van der Waals surface area contributed by atoms with Crippen molar-refractivity contribution in [2.24, 2.45) is 0 Å². The minimum Gasteiger partial charge on any atom is -0.507 e. The largest absolute Gasteiger partial charge is 0.507 e. The molecule has 1 aromatic heterocycles. The Hall–Kier alpha value is -1.97. The van der Waals surface area contributed by atoms with E-state index in [0.29, 0.717) is 5.82 Å². The average molecular weight is 203 g/mol. The number of hydrogen-bond donors (Lipinski definition) is 3. The molecule has 78 valence electrons. The lowest BCUT2D eigenvalue weighted by Crippen LogP contribution is -1.86. The zero-order valence-corrected chi connectivity index (χ0v) is 8.70. The fourth-order valence-corrected chi connectivity index (χ4v) is 1.49. The summed E-state index contributed by atoms with van der Waals surface area (Å²) in [6, 6.07) is 5.51. The van der Waals surface area contributed by atoms with Crippen LogP contribution in [0.1, 0.15) is 11.1 Å². The summed E-state index contributed by atoms with van der Waals surface area (Å²) >= 11 is 0. The highest BCUT2D eigenvalue weighted by atomic mass is 16.3. The van der Waals surface area contributed by atoms with Crippen LogP contribution in [0.2, 0.25) is 0 Å². The molecule has 0 radical (unpaired) electrons. The SMILES string of the molecule is Cc1ccc(-c2cc(N)n[nH]2)c(O)c1C. The molecule has 4 heteroatoms. The van der Waals surface area contributed by atoms with Crippen molar-refractivity contribution in [3.05, 3.63) is 29.3 Å². The Morgan fingerprint density at radius 1 is 1.33 bits per heavy atom. The molecule has 4 nitrogen and oxygen atoms in total. The van der Waals surface area contributed by atoms with Crippen molar-refractivity contribution in [2.45, 2.75) is 13.8 Å². The number of rotatable bonds is 1. The van der Waals surface area contributed by atoms with Gasteiger partial charge in [0.25, 0.3) is 0 Å². The van der Waals surface area contributed by atoms with Gasteiger partial charge in [-0.15, -0.1) is 0 Å². The van der Waals surface area contributed by atoms with Crippen molar-refractivity contribution in [1.82, 2.24) is 10.2 Å². The van der Waals surface area contributed by atoms with Gasteiger partial charge in [-0.25, -0.2) is 0 Å². The van der Waals surface area contributed by atoms with Gasteiger partial charge in [0.15, 0.2) is 0 Å². The van der Waals surface area contributed by atoms with Gasteiger partial charge >= 0.3 is 0 Å². The van der Waals surface area contributed by atoms with Crippen LogP contribution in [-0.2, 0) is 0 Å². The van der Waals surface area contributed by atoms with E-state index in [1.165, 1.54) is 0 Å². The lowest BCUT2D eigenvalue weighted by atomic mass is 10.0. The van der Waals surface area contributed by atoms with Gasteiger partial charge in [-0.05, 0) is 31.0 Å². The Balaban J connectivity index is 2.59. The number of aromatic nitrogens is 2. The van der Waals surface area contributed by atoms with E-state index < -0.39 is 0 Å². The second-order valence-corrected chi connectivity index (χ2v) is 3.61. The zero-order chi connectivity index (χ0) is 11.0. The van der Waals surface area contributed by atoms with Crippen LogP contribution in [0.5, 0.6) is 5.75 Å². The lowest BCUT2D eigenvalue weighted by Gasteiger charge is -2.07. The number of nitrogens with two attached hydrogens (primary N) is 1. The summed E-state index contributed by atoms with van der Waals surface area (Å²) in [5.41, 5.74) is 8.90. The molecule has 0 saturated carbocycles. The van der Waals surface area contributed by atoms with Crippen molar-refractivity contribution < 1.29 is 5.11 Å². The Morgan fingerprint density at radius 2 is 2.07 bits per heavy atom. The molecule has 0 bridgehead atoms. The number of hydrogen-bond acceptors (Lipinski definition) is 3. The van der Waals surface area contributed by atoms with E-state index in [9.17, 15) is 5.11 Å². The Bertz CT molecular complexity index is 503. The van der Waals surface area contributed by atoms with Gasteiger partial charge < -0.3 is 10.8 Å². The van der Waals surface area contributed by atoms with Gasteiger partial charge in [0.2, 0.25) is 0 Å². The van der Waals surface area contributed by atoms with Gasteiger partial charge in [-0.1, -0.05) is 6.07 Å². The standard InChI is InChI=1S/C11H13N3O/c1-6-3-4-8(11(15)7(6)2)9-5-10(12)14-13-9/h3-5,15H,1-2H3,(H3,12,13,14). The first kappa shape index (κ1) is 9.58. The smallest absolute Gasteiger partial charge is 0.145 e. The van der Waals surface area contributed by atoms with Crippen molar-refractivity contribution in [1.29, 1.82) is 0 Å². The summed E-state index contributed by atoms with van der Waals surface area (Å²) < 4.78 is 0. The maximum absolute atomic E-state index is 9.95. The second-order valence-electron chi connectivity index (χ2n) is 3.61. The molecular formula is C11H13N3O. The molecule has 1 aromatic carbocycles. The second kappa shape index (κ2) is 3.31. The fourth-order valence-electron chi connectivity index (χ4n) is 1.49. The van der Waals surface area contributed by atoms with E-state index in [-0.39, 0.29) is 5.75 Å². The summed E-state index contributed by atoms with van der Waals surface area (Å²) in [5.74, 6) is 0.696. The summed E-state index contributed by atoms with van der Waals surface area (Å²) in [6.45, 7) is 3.84. The van der Waals surface area contributed by atoms with Gasteiger partial charge in [0, 0.05) is 11.6 Å². The number of anilines is 1. The minimum absolute atomic E-state index is 0.277. The number of nitrogens with zero attached hydrogens (tertiary/aromatic N) is 1. The first-order valence-electron chi connectivity index (χ1n) is 4.70. The normalized spacial score (nSPS) is 10.5. The number of phenols is 1. The van der Waals surface area contributed by atoms with E-state index >= 15 is 0 Å². The topological polar surface area (TPSA) is 74.9 Å². The van der Waals surface area contributed by atoms with E-state index in [2.05, 4.69) is 10.2 Å². The van der Waals surface area contributed by atoms with Crippen LogP contribution in [0.15, 0.2) is 18.2 Å². The van der Waals surface area contributed by atoms with E-state index in [1.807, 2.05) is 26.0 Å². The predicted molar refractivity (Wildman–Crippen MR) is 59.6 cm³/mol. The maximum Gasteiger partial charge on any atom is 0.145 e. The first-order valence-corrected chi connectivity index (χ1v) is 4.70. The Labute approximate surface area is 87.7 Å². The number of aryl methyl sites for hydroxylation is 1. The first-order chi connectivity index (χ1) is 7.09. The molecule has 0 atom stereocenters. The zero-order valence-electron chi connectivity index (χ0n) is 8.70. The molecule has 2 aromatic rings. The molecule has 0 spiro atoms. The van der Waals surface area contributed by atoms with Crippen molar-refractivity contribution in [3.8, 4) is 17.0 Å². The predicted octanol–water partition coefficient (Wildman–Crippen LogP) is 1.98. The molecule has 0 saturated heterocycles. The number of aromatic amines is 1. The van der Waals surface area contributed by atoms with Crippen LogP contribution >= 0.6 is 0 Å². The van der Waals surface area contributed by atoms with Crippen LogP contribution in [0.3, 0.4) is 0 Å². The van der Waals surface area contributed by atoms with E-state index in [1.54, 1.807) is 6.07 Å². The average Bonchev–Trinajstić information content (AvgIpc) is 2.61. The third-order valence-electron chi connectivity index (χ3n) is 2.59. The number of aromatic hydroxyl groups is 1. The summed E-state index contributed by atoms with van der Waals surface area (Å²) in [5, 5.41) is 16.6. The Morgan fingerprint density at radius 3 is 2.67 bits per heavy atom. The summed E-state index contributed by atoms with van der Waals surface area (Å²) in [7, 11) is 0. The van der Waals surface area contributed by atoms with Crippen molar-refractivity contribution >= 4 is 5.82 Å². The number of benzene rings is 1. The third kappa shape index (κ3) is 1.54. The minimum atomic E-state index is 0.277. The molecule has 0 amide bonds. The molecule has 0 aliphatic heterocycles. The quantitative estimate of drug-likeness (QED) is 0.663.